The van der Waals surface area contributed by atoms with Gasteiger partial charge in [0, 0.05) is 20.9 Å². The summed E-state index contributed by atoms with van der Waals surface area (Å²) in [6.07, 6.45) is 0.170. The Balaban J connectivity index is 2.12. The molecule has 2 atom stereocenters. The second-order valence-electron chi connectivity index (χ2n) is 3.26. The van der Waals surface area contributed by atoms with Crippen molar-refractivity contribution in [3.05, 3.63) is 20.8 Å². The number of halogens is 1. The quantitative estimate of drug-likeness (QED) is 0.663. The summed E-state index contributed by atoms with van der Waals surface area (Å²) in [5, 5.41) is 2.06. The average molecular weight is 309 g/mol. The van der Waals surface area contributed by atoms with Crippen LogP contribution in [0.25, 0.3) is 0 Å². The number of nitrogens with two attached hydrogens (primary N) is 1. The van der Waals surface area contributed by atoms with E-state index >= 15 is 0 Å². The highest BCUT2D eigenvalue weighted by Gasteiger charge is 2.27. The molecule has 2 rings (SSSR count). The molecule has 0 radical (unpaired) electrons. The molecule has 15 heavy (non-hydrogen) atoms. The smallest absolute Gasteiger partial charge is 0.0881 e. The zero-order chi connectivity index (χ0) is 10.7. The molecule has 1 saturated heterocycles. The van der Waals surface area contributed by atoms with Crippen LogP contribution in [-0.2, 0) is 4.74 Å². The fourth-order valence-electron chi connectivity index (χ4n) is 1.58. The maximum atomic E-state index is 5.73. The zero-order valence-corrected chi connectivity index (χ0v) is 11.3. The van der Waals surface area contributed by atoms with Crippen molar-refractivity contribution >= 4 is 39.0 Å². The molecule has 1 aliphatic rings. The molecule has 3 N–H and O–H groups in total. The Kier molecular flexibility index (Phi) is 4.48. The Morgan fingerprint density at radius 1 is 1.67 bits per heavy atom. The highest BCUT2D eigenvalue weighted by Crippen LogP contribution is 2.33. The lowest BCUT2D eigenvalue weighted by molar-refractivity contribution is 0.0475. The first-order valence-corrected chi connectivity index (χ1v) is 7.54. The molecular formula is C9H13BrN2OS2. The molecule has 0 saturated carbocycles. The van der Waals surface area contributed by atoms with Crippen LogP contribution in [0.2, 0.25) is 0 Å². The molecule has 84 valence electrons. The first-order valence-electron chi connectivity index (χ1n) is 4.71. The first kappa shape index (κ1) is 11.9. The molecule has 0 aromatic carbocycles. The van der Waals surface area contributed by atoms with Crippen molar-refractivity contribution < 1.29 is 4.74 Å². The van der Waals surface area contributed by atoms with Gasteiger partial charge in [-0.2, -0.15) is 11.8 Å². The largest absolute Gasteiger partial charge is 0.374 e. The molecule has 0 spiro atoms. The van der Waals surface area contributed by atoms with Gasteiger partial charge in [0.2, 0.25) is 0 Å². The fraction of sp³-hybridized carbons (Fsp3) is 0.556. The van der Waals surface area contributed by atoms with Gasteiger partial charge in [0.1, 0.15) is 0 Å². The summed E-state index contributed by atoms with van der Waals surface area (Å²) in [4.78, 5) is 1.21. The molecule has 1 aromatic heterocycles. The van der Waals surface area contributed by atoms with Gasteiger partial charge < -0.3 is 4.74 Å². The minimum atomic E-state index is 0.0900. The Morgan fingerprint density at radius 3 is 3.07 bits per heavy atom. The zero-order valence-electron chi connectivity index (χ0n) is 8.11. The normalized spacial score (nSPS) is 24.0. The minimum absolute atomic E-state index is 0.0900. The lowest BCUT2D eigenvalue weighted by Crippen LogP contribution is -2.41. The Labute approximate surface area is 106 Å². The highest BCUT2D eigenvalue weighted by atomic mass is 79.9. The Hall–Kier alpha value is 0.410. The van der Waals surface area contributed by atoms with Gasteiger partial charge >= 0.3 is 0 Å². The number of rotatable bonds is 3. The van der Waals surface area contributed by atoms with Gasteiger partial charge in [-0.15, -0.1) is 11.3 Å². The van der Waals surface area contributed by atoms with E-state index in [4.69, 9.17) is 10.6 Å². The molecule has 2 unspecified atom stereocenters. The third-order valence-electron chi connectivity index (χ3n) is 2.32. The van der Waals surface area contributed by atoms with E-state index in [1.807, 2.05) is 17.8 Å². The summed E-state index contributed by atoms with van der Waals surface area (Å²) in [6, 6.07) is 2.13. The molecule has 0 amide bonds. The van der Waals surface area contributed by atoms with Crippen LogP contribution >= 0.6 is 39.0 Å². The summed E-state index contributed by atoms with van der Waals surface area (Å²) in [7, 11) is 0. The number of hydrogen-bond acceptors (Lipinski definition) is 5. The van der Waals surface area contributed by atoms with E-state index in [-0.39, 0.29) is 12.1 Å². The van der Waals surface area contributed by atoms with Crippen LogP contribution in [0.5, 0.6) is 0 Å². The van der Waals surface area contributed by atoms with E-state index in [1.165, 1.54) is 4.88 Å². The molecule has 6 heteroatoms. The van der Waals surface area contributed by atoms with Crippen molar-refractivity contribution in [3.63, 3.8) is 0 Å². The predicted molar refractivity (Wildman–Crippen MR) is 69.1 cm³/mol. The molecule has 1 fully saturated rings. The van der Waals surface area contributed by atoms with Crippen molar-refractivity contribution in [3.8, 4) is 0 Å². The number of nitrogens with one attached hydrogen (secondary N) is 1. The first-order chi connectivity index (χ1) is 7.33. The average Bonchev–Trinajstić information content (AvgIpc) is 2.68. The van der Waals surface area contributed by atoms with Crippen molar-refractivity contribution in [2.45, 2.75) is 12.1 Å². The highest BCUT2D eigenvalue weighted by molar-refractivity contribution is 9.10. The number of thiophene rings is 1. The third kappa shape index (κ3) is 2.75. The van der Waals surface area contributed by atoms with E-state index in [0.717, 1.165) is 22.6 Å². The third-order valence-corrected chi connectivity index (χ3v) is 5.29. The van der Waals surface area contributed by atoms with Gasteiger partial charge in [0.05, 0.1) is 18.8 Å². The van der Waals surface area contributed by atoms with Gasteiger partial charge in [0.25, 0.3) is 0 Å². The van der Waals surface area contributed by atoms with Crippen LogP contribution in [0.4, 0.5) is 0 Å². The number of hydrazine groups is 1. The molecule has 0 aliphatic carbocycles. The number of hydrogen-bond donors (Lipinski definition) is 2. The van der Waals surface area contributed by atoms with Crippen LogP contribution in [0.1, 0.15) is 10.9 Å². The fourth-order valence-corrected chi connectivity index (χ4v) is 4.21. The maximum Gasteiger partial charge on any atom is 0.0881 e. The topological polar surface area (TPSA) is 47.3 Å². The van der Waals surface area contributed by atoms with Gasteiger partial charge in [-0.1, -0.05) is 0 Å². The summed E-state index contributed by atoms with van der Waals surface area (Å²) in [5.41, 5.74) is 2.86. The summed E-state index contributed by atoms with van der Waals surface area (Å²) in [5.74, 6) is 7.69. The molecule has 2 heterocycles. The van der Waals surface area contributed by atoms with E-state index in [2.05, 4.69) is 26.7 Å². The predicted octanol–water partition coefficient (Wildman–Crippen LogP) is 2.15. The second-order valence-corrected chi connectivity index (χ2v) is 6.21. The maximum absolute atomic E-state index is 5.73. The van der Waals surface area contributed by atoms with Crippen LogP contribution in [0.15, 0.2) is 15.9 Å². The van der Waals surface area contributed by atoms with E-state index in [1.54, 1.807) is 11.3 Å². The van der Waals surface area contributed by atoms with Crippen molar-refractivity contribution in [2.75, 3.05) is 18.1 Å². The molecule has 1 aromatic rings. The van der Waals surface area contributed by atoms with Gasteiger partial charge in [-0.05, 0) is 27.4 Å². The van der Waals surface area contributed by atoms with Crippen LogP contribution in [-0.4, -0.2) is 24.2 Å². The van der Waals surface area contributed by atoms with E-state index in [9.17, 15) is 0 Å². The lowest BCUT2D eigenvalue weighted by Gasteiger charge is -2.29. The second kappa shape index (κ2) is 5.65. The standard InChI is InChI=1S/C9H13BrN2OS2/c10-6-1-3-15-9(6)8(12-11)7-5-14-4-2-13-7/h1,3,7-8,12H,2,4-5,11H2. The molecule has 0 bridgehead atoms. The monoisotopic (exact) mass is 308 g/mol. The minimum Gasteiger partial charge on any atom is -0.374 e. The summed E-state index contributed by atoms with van der Waals surface area (Å²) < 4.78 is 6.84. The molecular weight excluding hydrogens is 296 g/mol. The molecule has 1 aliphatic heterocycles. The van der Waals surface area contributed by atoms with Gasteiger partial charge in [-0.3, -0.25) is 5.84 Å². The lowest BCUT2D eigenvalue weighted by atomic mass is 10.1. The number of thioether (sulfide) groups is 1. The van der Waals surface area contributed by atoms with Crippen molar-refractivity contribution in [1.82, 2.24) is 5.43 Å². The Morgan fingerprint density at radius 2 is 2.53 bits per heavy atom. The van der Waals surface area contributed by atoms with Gasteiger partial charge in [-0.25, -0.2) is 5.43 Å². The van der Waals surface area contributed by atoms with Gasteiger partial charge in [0.15, 0.2) is 0 Å². The SMILES string of the molecule is NNC(c1sccc1Br)C1CSCCO1. The van der Waals surface area contributed by atoms with Crippen molar-refractivity contribution in [2.24, 2.45) is 5.84 Å². The number of ether oxygens (including phenoxy) is 1. The Bertz CT molecular complexity index is 315. The van der Waals surface area contributed by atoms with E-state index < -0.39 is 0 Å². The van der Waals surface area contributed by atoms with Crippen LogP contribution in [0.3, 0.4) is 0 Å². The van der Waals surface area contributed by atoms with Crippen molar-refractivity contribution in [1.29, 1.82) is 0 Å². The summed E-state index contributed by atoms with van der Waals surface area (Å²) >= 11 is 7.14. The summed E-state index contributed by atoms with van der Waals surface area (Å²) in [6.45, 7) is 0.816. The van der Waals surface area contributed by atoms with Crippen LogP contribution < -0.4 is 11.3 Å². The molecule has 3 nitrogen and oxygen atoms in total. The van der Waals surface area contributed by atoms with Crippen LogP contribution in [0, 0.1) is 0 Å². The van der Waals surface area contributed by atoms with E-state index in [0.29, 0.717) is 0 Å².